The van der Waals surface area contributed by atoms with Crippen LogP contribution >= 0.6 is 0 Å². The van der Waals surface area contributed by atoms with Crippen LogP contribution in [-0.4, -0.2) is 46.3 Å². The molecule has 1 rings (SSSR count). The third-order valence-electron chi connectivity index (χ3n) is 2.13. The Hall–Kier alpha value is -1.14. The molecule has 0 aliphatic carbocycles. The van der Waals surface area contributed by atoms with E-state index in [9.17, 15) is 9.59 Å². The zero-order valence-electron chi connectivity index (χ0n) is 8.02. The van der Waals surface area contributed by atoms with Crippen LogP contribution in [-0.2, 0) is 9.59 Å². The Bertz CT molecular complexity index is 226. The first-order valence-electron chi connectivity index (χ1n) is 4.40. The number of piperazine rings is 1. The number of nitrogens with one attached hydrogen (secondary N) is 2. The lowest BCUT2D eigenvalue weighted by Gasteiger charge is -2.32. The first-order chi connectivity index (χ1) is 6.43. The molecule has 0 aromatic heterocycles. The van der Waals surface area contributed by atoms with Gasteiger partial charge in [-0.3, -0.25) is 9.59 Å². The fourth-order valence-electron chi connectivity index (χ4n) is 1.30. The van der Waals surface area contributed by atoms with Gasteiger partial charge in [-0.2, -0.15) is 0 Å². The topological polar surface area (TPSA) is 98.7 Å². The maximum absolute atomic E-state index is 11.3. The van der Waals surface area contributed by atoms with Gasteiger partial charge in [-0.05, 0) is 13.8 Å². The average molecular weight is 202 g/mol. The highest BCUT2D eigenvalue weighted by Gasteiger charge is 2.37. The smallest absolute Gasteiger partial charge is 0.245 e. The van der Waals surface area contributed by atoms with Crippen molar-refractivity contribution in [3.63, 3.8) is 0 Å². The van der Waals surface area contributed by atoms with Gasteiger partial charge in [0.15, 0.2) is 0 Å². The highest BCUT2D eigenvalue weighted by molar-refractivity contribution is 5.97. The van der Waals surface area contributed by atoms with E-state index in [0.717, 1.165) is 0 Å². The number of hydrogen-bond acceptors (Lipinski definition) is 4. The van der Waals surface area contributed by atoms with E-state index in [1.165, 1.54) is 13.8 Å². The molecule has 0 aromatic carbocycles. The second-order valence-electron chi connectivity index (χ2n) is 3.45. The van der Waals surface area contributed by atoms with Crippen LogP contribution in [0.15, 0.2) is 0 Å². The summed E-state index contributed by atoms with van der Waals surface area (Å²) in [6.07, 6.45) is -1.90. The molecule has 0 aromatic rings. The fraction of sp³-hybridized carbons (Fsp3) is 0.750. The van der Waals surface area contributed by atoms with Crippen molar-refractivity contribution in [1.29, 1.82) is 0 Å². The van der Waals surface area contributed by atoms with Gasteiger partial charge in [0, 0.05) is 0 Å². The molecule has 0 saturated carbocycles. The van der Waals surface area contributed by atoms with Crippen LogP contribution < -0.4 is 10.6 Å². The van der Waals surface area contributed by atoms with Crippen molar-refractivity contribution in [2.75, 3.05) is 0 Å². The molecule has 2 amide bonds. The minimum atomic E-state index is -0.950. The minimum absolute atomic E-state index is 0.481. The van der Waals surface area contributed by atoms with Gasteiger partial charge in [-0.1, -0.05) is 0 Å². The Labute approximate surface area is 81.3 Å². The largest absolute Gasteiger partial charge is 0.391 e. The molecule has 6 heteroatoms. The van der Waals surface area contributed by atoms with Gasteiger partial charge < -0.3 is 20.8 Å². The predicted molar refractivity (Wildman–Crippen MR) is 47.2 cm³/mol. The molecule has 1 fully saturated rings. The quantitative estimate of drug-likeness (QED) is 0.406. The lowest BCUT2D eigenvalue weighted by Crippen LogP contribution is -2.67. The van der Waals surface area contributed by atoms with Crippen LogP contribution in [0.2, 0.25) is 0 Å². The zero-order valence-corrected chi connectivity index (χ0v) is 8.02. The van der Waals surface area contributed by atoms with Gasteiger partial charge in [-0.25, -0.2) is 0 Å². The summed E-state index contributed by atoms with van der Waals surface area (Å²) >= 11 is 0. The Morgan fingerprint density at radius 3 is 1.50 bits per heavy atom. The summed E-state index contributed by atoms with van der Waals surface area (Å²) in [6.45, 7) is 2.82. The van der Waals surface area contributed by atoms with Crippen LogP contribution in [0.4, 0.5) is 0 Å². The highest BCUT2D eigenvalue weighted by atomic mass is 16.3. The van der Waals surface area contributed by atoms with E-state index in [0.29, 0.717) is 0 Å². The highest BCUT2D eigenvalue weighted by Crippen LogP contribution is 2.04. The van der Waals surface area contributed by atoms with Gasteiger partial charge in [-0.15, -0.1) is 0 Å². The van der Waals surface area contributed by atoms with Crippen molar-refractivity contribution in [3.8, 4) is 0 Å². The molecule has 6 nitrogen and oxygen atoms in total. The number of rotatable bonds is 2. The molecule has 1 aliphatic rings. The van der Waals surface area contributed by atoms with E-state index in [1.54, 1.807) is 0 Å². The Morgan fingerprint density at radius 2 is 1.29 bits per heavy atom. The predicted octanol–water partition coefficient (Wildman–Crippen LogP) is -2.27. The summed E-state index contributed by atoms with van der Waals surface area (Å²) in [4.78, 5) is 22.6. The van der Waals surface area contributed by atoms with Crippen molar-refractivity contribution in [2.24, 2.45) is 0 Å². The molecule has 1 saturated heterocycles. The average Bonchev–Trinajstić information content (AvgIpc) is 2.07. The number of amides is 2. The van der Waals surface area contributed by atoms with Gasteiger partial charge in [0.05, 0.1) is 12.2 Å². The molecule has 14 heavy (non-hydrogen) atoms. The van der Waals surface area contributed by atoms with E-state index < -0.39 is 36.1 Å². The Balaban J connectivity index is 2.72. The van der Waals surface area contributed by atoms with Crippen LogP contribution in [0.5, 0.6) is 0 Å². The number of carbonyl (C=O) groups excluding carboxylic acids is 2. The fourth-order valence-corrected chi connectivity index (χ4v) is 1.30. The standard InChI is InChI=1S/C8H14N2O4/c1-3(11)5-7(13)10-6(4(2)12)8(14)9-5/h3-6,11-12H,1-2H3,(H,9,14)(H,10,13)/t3-,4-,5-,6-/m0/s1. The lowest BCUT2D eigenvalue weighted by atomic mass is 10.0. The van der Waals surface area contributed by atoms with E-state index in [2.05, 4.69) is 10.6 Å². The van der Waals surface area contributed by atoms with Crippen molar-refractivity contribution in [1.82, 2.24) is 10.6 Å². The van der Waals surface area contributed by atoms with Gasteiger partial charge in [0.1, 0.15) is 12.1 Å². The molecule has 0 bridgehead atoms. The summed E-state index contributed by atoms with van der Waals surface area (Å²) < 4.78 is 0. The Morgan fingerprint density at radius 1 is 1.00 bits per heavy atom. The van der Waals surface area contributed by atoms with Crippen molar-refractivity contribution < 1.29 is 19.8 Å². The summed E-state index contributed by atoms with van der Waals surface area (Å²) in [6, 6.07) is -1.87. The molecule has 4 N–H and O–H groups in total. The monoisotopic (exact) mass is 202 g/mol. The van der Waals surface area contributed by atoms with E-state index >= 15 is 0 Å². The normalized spacial score (nSPS) is 31.7. The van der Waals surface area contributed by atoms with Crippen LogP contribution in [0.3, 0.4) is 0 Å². The Kier molecular flexibility index (Phi) is 3.07. The van der Waals surface area contributed by atoms with E-state index in [4.69, 9.17) is 10.2 Å². The van der Waals surface area contributed by atoms with Gasteiger partial charge in [0.2, 0.25) is 11.8 Å². The second kappa shape index (κ2) is 3.93. The molecule has 80 valence electrons. The summed E-state index contributed by atoms with van der Waals surface area (Å²) in [5.41, 5.74) is 0. The third kappa shape index (κ3) is 2.02. The van der Waals surface area contributed by atoms with Crippen molar-refractivity contribution in [3.05, 3.63) is 0 Å². The molecular weight excluding hydrogens is 188 g/mol. The van der Waals surface area contributed by atoms with Gasteiger partial charge >= 0.3 is 0 Å². The zero-order chi connectivity index (χ0) is 10.9. The molecule has 1 heterocycles. The summed E-state index contributed by atoms with van der Waals surface area (Å²) in [5, 5.41) is 23.0. The number of hydrogen-bond donors (Lipinski definition) is 4. The van der Waals surface area contributed by atoms with Crippen molar-refractivity contribution in [2.45, 2.75) is 38.1 Å². The van der Waals surface area contributed by atoms with Crippen LogP contribution in [0.25, 0.3) is 0 Å². The maximum Gasteiger partial charge on any atom is 0.245 e. The first-order valence-corrected chi connectivity index (χ1v) is 4.40. The molecule has 0 radical (unpaired) electrons. The van der Waals surface area contributed by atoms with Crippen LogP contribution in [0.1, 0.15) is 13.8 Å². The van der Waals surface area contributed by atoms with E-state index in [-0.39, 0.29) is 0 Å². The molecule has 4 atom stereocenters. The number of carbonyl (C=O) groups is 2. The number of aliphatic hydroxyl groups is 2. The maximum atomic E-state index is 11.3. The first kappa shape index (κ1) is 10.9. The lowest BCUT2D eigenvalue weighted by molar-refractivity contribution is -0.141. The summed E-state index contributed by atoms with van der Waals surface area (Å²) in [5.74, 6) is -0.962. The third-order valence-corrected chi connectivity index (χ3v) is 2.13. The molecule has 0 spiro atoms. The molecule has 1 aliphatic heterocycles. The summed E-state index contributed by atoms with van der Waals surface area (Å²) in [7, 11) is 0. The SMILES string of the molecule is C[C@H](O)[C@@H]1NC(=O)[C@H]([C@H](C)O)NC1=O. The van der Waals surface area contributed by atoms with Crippen LogP contribution in [0, 0.1) is 0 Å². The van der Waals surface area contributed by atoms with Crippen molar-refractivity contribution >= 4 is 11.8 Å². The minimum Gasteiger partial charge on any atom is -0.391 e. The van der Waals surface area contributed by atoms with Gasteiger partial charge in [0.25, 0.3) is 0 Å². The van der Waals surface area contributed by atoms with E-state index in [1.807, 2.05) is 0 Å². The molecular formula is C8H14N2O4. The molecule has 0 unspecified atom stereocenters. The second-order valence-corrected chi connectivity index (χ2v) is 3.45. The number of aliphatic hydroxyl groups excluding tert-OH is 2.